The summed E-state index contributed by atoms with van der Waals surface area (Å²) in [6.07, 6.45) is 5.97. The lowest BCUT2D eigenvalue weighted by molar-refractivity contribution is -0.111. The maximum atomic E-state index is 12.9. The summed E-state index contributed by atoms with van der Waals surface area (Å²) >= 11 is 5.62. The van der Waals surface area contributed by atoms with Gasteiger partial charge < -0.3 is 4.98 Å². The van der Waals surface area contributed by atoms with Crippen LogP contribution < -0.4 is 5.32 Å². The number of carbonyl (C=O) groups is 1. The first-order chi connectivity index (χ1) is 8.65. The average Bonchev–Trinajstić information content (AvgIpc) is 2.83. The number of benzene rings is 1. The summed E-state index contributed by atoms with van der Waals surface area (Å²) in [5, 5.41) is 2.54. The number of rotatable bonds is 3. The SMILES string of the molecule is O=C(C=Cc1ccc(F)c(Cl)c1)Nc1ncc[nH]1. The van der Waals surface area contributed by atoms with Crippen molar-refractivity contribution in [2.45, 2.75) is 0 Å². The summed E-state index contributed by atoms with van der Waals surface area (Å²) in [6.45, 7) is 0. The van der Waals surface area contributed by atoms with E-state index in [1.54, 1.807) is 6.20 Å². The van der Waals surface area contributed by atoms with Crippen LogP contribution >= 0.6 is 11.6 Å². The van der Waals surface area contributed by atoms with Gasteiger partial charge >= 0.3 is 0 Å². The average molecular weight is 266 g/mol. The zero-order valence-corrected chi connectivity index (χ0v) is 9.91. The summed E-state index contributed by atoms with van der Waals surface area (Å²) < 4.78 is 12.9. The van der Waals surface area contributed by atoms with Crippen molar-refractivity contribution < 1.29 is 9.18 Å². The van der Waals surface area contributed by atoms with Gasteiger partial charge in [-0.2, -0.15) is 0 Å². The maximum Gasteiger partial charge on any atom is 0.250 e. The summed E-state index contributed by atoms with van der Waals surface area (Å²) in [6, 6.07) is 4.21. The molecule has 0 fully saturated rings. The van der Waals surface area contributed by atoms with E-state index in [0.717, 1.165) is 0 Å². The van der Waals surface area contributed by atoms with Crippen LogP contribution in [0.4, 0.5) is 10.3 Å². The Morgan fingerprint density at radius 1 is 1.50 bits per heavy atom. The molecule has 0 spiro atoms. The molecule has 2 rings (SSSR count). The number of aromatic nitrogens is 2. The lowest BCUT2D eigenvalue weighted by Crippen LogP contribution is -2.08. The van der Waals surface area contributed by atoms with Crippen LogP contribution in [0.5, 0.6) is 0 Å². The number of carbonyl (C=O) groups excluding carboxylic acids is 1. The van der Waals surface area contributed by atoms with Gasteiger partial charge in [0.25, 0.3) is 5.91 Å². The Labute approximate surface area is 108 Å². The third-order valence-corrected chi connectivity index (χ3v) is 2.40. The molecular formula is C12H9ClFN3O. The van der Waals surface area contributed by atoms with Gasteiger partial charge in [-0.3, -0.25) is 10.1 Å². The van der Waals surface area contributed by atoms with E-state index in [2.05, 4.69) is 15.3 Å². The second-order valence-electron chi connectivity index (χ2n) is 3.43. The Balaban J connectivity index is 2.01. The third kappa shape index (κ3) is 3.18. The Morgan fingerprint density at radius 3 is 3.00 bits per heavy atom. The molecule has 1 amide bonds. The summed E-state index contributed by atoms with van der Waals surface area (Å²) in [5.74, 6) is -0.471. The number of halogens is 2. The summed E-state index contributed by atoms with van der Waals surface area (Å²) in [4.78, 5) is 18.1. The van der Waals surface area contributed by atoms with Gasteiger partial charge in [0.2, 0.25) is 5.95 Å². The fourth-order valence-electron chi connectivity index (χ4n) is 1.28. The van der Waals surface area contributed by atoms with Gasteiger partial charge in [0.05, 0.1) is 5.02 Å². The van der Waals surface area contributed by atoms with Crippen molar-refractivity contribution >= 4 is 29.5 Å². The van der Waals surface area contributed by atoms with Gasteiger partial charge in [-0.15, -0.1) is 0 Å². The quantitative estimate of drug-likeness (QED) is 0.839. The predicted octanol–water partition coefficient (Wildman–Crippen LogP) is 2.85. The van der Waals surface area contributed by atoms with Crippen molar-refractivity contribution in [1.82, 2.24) is 9.97 Å². The number of hydrogen-bond donors (Lipinski definition) is 2. The second-order valence-corrected chi connectivity index (χ2v) is 3.84. The molecule has 2 N–H and O–H groups in total. The van der Waals surface area contributed by atoms with Crippen LogP contribution in [-0.4, -0.2) is 15.9 Å². The van der Waals surface area contributed by atoms with Crippen LogP contribution in [0.25, 0.3) is 6.08 Å². The molecule has 4 nitrogen and oxygen atoms in total. The first-order valence-electron chi connectivity index (χ1n) is 5.08. The number of anilines is 1. The van der Waals surface area contributed by atoms with Crippen LogP contribution in [0.2, 0.25) is 5.02 Å². The topological polar surface area (TPSA) is 57.8 Å². The van der Waals surface area contributed by atoms with Crippen LogP contribution in [0.1, 0.15) is 5.56 Å². The smallest absolute Gasteiger partial charge is 0.250 e. The van der Waals surface area contributed by atoms with Crippen molar-refractivity contribution in [2.75, 3.05) is 5.32 Å². The van der Waals surface area contributed by atoms with Gasteiger partial charge in [-0.1, -0.05) is 17.7 Å². The number of nitrogens with zero attached hydrogens (tertiary/aromatic N) is 1. The number of hydrogen-bond acceptors (Lipinski definition) is 2. The predicted molar refractivity (Wildman–Crippen MR) is 67.7 cm³/mol. The lowest BCUT2D eigenvalue weighted by atomic mass is 10.2. The monoisotopic (exact) mass is 265 g/mol. The molecule has 1 aromatic heterocycles. The third-order valence-electron chi connectivity index (χ3n) is 2.11. The Kier molecular flexibility index (Phi) is 3.74. The minimum absolute atomic E-state index is 0.0172. The molecule has 0 radical (unpaired) electrons. The fourth-order valence-corrected chi connectivity index (χ4v) is 1.47. The highest BCUT2D eigenvalue weighted by molar-refractivity contribution is 6.30. The van der Waals surface area contributed by atoms with E-state index in [0.29, 0.717) is 11.5 Å². The lowest BCUT2D eigenvalue weighted by Gasteiger charge is -1.97. The molecule has 6 heteroatoms. The van der Waals surface area contributed by atoms with Gasteiger partial charge in [0, 0.05) is 18.5 Å². The summed E-state index contributed by atoms with van der Waals surface area (Å²) in [7, 11) is 0. The van der Waals surface area contributed by atoms with Crippen LogP contribution in [0, 0.1) is 5.82 Å². The van der Waals surface area contributed by atoms with E-state index in [4.69, 9.17) is 11.6 Å². The molecule has 0 unspecified atom stereocenters. The van der Waals surface area contributed by atoms with Crippen molar-refractivity contribution in [3.8, 4) is 0 Å². The largest absolute Gasteiger partial charge is 0.331 e. The molecule has 0 aliphatic carbocycles. The second kappa shape index (κ2) is 5.46. The van der Waals surface area contributed by atoms with Gasteiger partial charge in [-0.25, -0.2) is 9.37 Å². The number of H-pyrrole nitrogens is 1. The molecule has 0 bridgehead atoms. The Bertz CT molecular complexity index is 581. The first-order valence-corrected chi connectivity index (χ1v) is 5.46. The molecule has 2 aromatic rings. The van der Waals surface area contributed by atoms with Crippen LogP contribution in [-0.2, 0) is 4.79 Å². The molecule has 0 aliphatic heterocycles. The number of nitrogens with one attached hydrogen (secondary N) is 2. The highest BCUT2D eigenvalue weighted by Crippen LogP contribution is 2.16. The zero-order valence-electron chi connectivity index (χ0n) is 9.15. The van der Waals surface area contributed by atoms with E-state index in [1.807, 2.05) is 0 Å². The fraction of sp³-hybridized carbons (Fsp3) is 0. The maximum absolute atomic E-state index is 12.9. The van der Waals surface area contributed by atoms with E-state index < -0.39 is 5.82 Å². The van der Waals surface area contributed by atoms with Gasteiger partial charge in [0.15, 0.2) is 0 Å². The van der Waals surface area contributed by atoms with E-state index in [1.165, 1.54) is 36.5 Å². The molecule has 0 atom stereocenters. The molecule has 18 heavy (non-hydrogen) atoms. The molecular weight excluding hydrogens is 257 g/mol. The number of imidazole rings is 1. The molecule has 0 saturated heterocycles. The van der Waals surface area contributed by atoms with Gasteiger partial charge in [0.1, 0.15) is 5.82 Å². The van der Waals surface area contributed by atoms with E-state index >= 15 is 0 Å². The van der Waals surface area contributed by atoms with E-state index in [-0.39, 0.29) is 10.9 Å². The van der Waals surface area contributed by atoms with E-state index in [9.17, 15) is 9.18 Å². The van der Waals surface area contributed by atoms with Gasteiger partial charge in [-0.05, 0) is 23.8 Å². The Morgan fingerprint density at radius 2 is 2.33 bits per heavy atom. The molecule has 1 heterocycles. The molecule has 1 aromatic carbocycles. The van der Waals surface area contributed by atoms with Crippen molar-refractivity contribution in [3.63, 3.8) is 0 Å². The number of aromatic amines is 1. The molecule has 92 valence electrons. The normalized spacial score (nSPS) is 10.8. The highest BCUT2D eigenvalue weighted by Gasteiger charge is 2.01. The number of amides is 1. The minimum Gasteiger partial charge on any atom is -0.331 e. The van der Waals surface area contributed by atoms with Crippen molar-refractivity contribution in [3.05, 3.63) is 53.1 Å². The van der Waals surface area contributed by atoms with Crippen LogP contribution in [0.3, 0.4) is 0 Å². The summed E-state index contributed by atoms with van der Waals surface area (Å²) in [5.41, 5.74) is 0.635. The Hall–Kier alpha value is -2.14. The van der Waals surface area contributed by atoms with Crippen molar-refractivity contribution in [1.29, 1.82) is 0 Å². The molecule has 0 saturated carbocycles. The standard InChI is InChI=1S/C12H9ClFN3O/c13-9-7-8(1-3-10(9)14)2-4-11(18)17-12-15-5-6-16-12/h1-7H,(H2,15,16,17,18). The van der Waals surface area contributed by atoms with Crippen LogP contribution in [0.15, 0.2) is 36.7 Å². The first kappa shape index (κ1) is 12.3. The zero-order chi connectivity index (χ0) is 13.0. The highest BCUT2D eigenvalue weighted by atomic mass is 35.5. The van der Waals surface area contributed by atoms with Crippen molar-refractivity contribution in [2.24, 2.45) is 0 Å². The molecule has 0 aliphatic rings. The minimum atomic E-state index is -0.492.